The molecule has 16 atom stereocenters. The van der Waals surface area contributed by atoms with Crippen molar-refractivity contribution >= 4 is 29.3 Å². The summed E-state index contributed by atoms with van der Waals surface area (Å²) in [5, 5.41) is 39.1. The largest absolute Gasteiger partial charge is 0.466 e. The van der Waals surface area contributed by atoms with Gasteiger partial charge >= 0.3 is 11.9 Å². The Morgan fingerprint density at radius 2 is 1.61 bits per heavy atom. The Morgan fingerprint density at radius 1 is 0.928 bits per heavy atom. The lowest BCUT2D eigenvalue weighted by Gasteiger charge is -2.44. The van der Waals surface area contributed by atoms with Gasteiger partial charge in [-0.1, -0.05) is 78.3 Å². The molecule has 0 amide bonds. The van der Waals surface area contributed by atoms with Gasteiger partial charge in [-0.05, 0) is 123 Å². The quantitative estimate of drug-likeness (QED) is 0.0332. The molecular formula is C54H95N3O11S. The van der Waals surface area contributed by atoms with Crippen LogP contribution in [0, 0.1) is 29.6 Å². The van der Waals surface area contributed by atoms with Gasteiger partial charge in [0.1, 0.15) is 17.8 Å². The summed E-state index contributed by atoms with van der Waals surface area (Å²) in [6.07, 6.45) is 1.62. The van der Waals surface area contributed by atoms with Crippen LogP contribution in [0.4, 0.5) is 0 Å². The number of hydrogen-bond acceptors (Lipinski definition) is 13. The van der Waals surface area contributed by atoms with Crippen molar-refractivity contribution in [1.29, 1.82) is 0 Å². The van der Waals surface area contributed by atoms with Gasteiger partial charge in [-0.15, -0.1) is 0 Å². The minimum Gasteiger partial charge on any atom is -0.466 e. The molecule has 69 heavy (non-hydrogen) atoms. The third-order valence-electron chi connectivity index (χ3n) is 14.6. The second kappa shape index (κ2) is 30.5. The van der Waals surface area contributed by atoms with E-state index in [1.807, 2.05) is 64.6 Å². The molecule has 0 saturated carbocycles. The molecule has 3 rings (SSSR count). The number of ether oxygens (including phenoxy) is 6. The molecule has 2 heterocycles. The number of hydrogen-bond donors (Lipinski definition) is 4. The molecule has 4 N–H and O–H groups in total. The fourth-order valence-electron chi connectivity index (χ4n) is 10.1. The highest BCUT2D eigenvalue weighted by molar-refractivity contribution is 7.80. The summed E-state index contributed by atoms with van der Waals surface area (Å²) >= 11 is 5.88. The van der Waals surface area contributed by atoms with Gasteiger partial charge < -0.3 is 54.0 Å². The number of nitrogens with one attached hydrogen (secondary N) is 1. The molecule has 0 bridgehead atoms. The SMILES string of the molecule is CCC[C@@H](C)CN(CCCN(CCC(=O)OCC)C(=S)NCCCc1ccccc1)C(C)C(O)[C@](C)(O)[C@@H](CC)OC(=O)C(C)[C@@H](O[C@H]1CC(C)[C@@H](O)C(C)O1)[C@H](C)[C@H](C)OC1CC(C)CC(C)O1. The van der Waals surface area contributed by atoms with E-state index in [0.717, 1.165) is 38.5 Å². The van der Waals surface area contributed by atoms with Crippen molar-refractivity contribution in [3.05, 3.63) is 35.9 Å². The van der Waals surface area contributed by atoms with Crippen molar-refractivity contribution in [2.75, 3.05) is 39.3 Å². The summed E-state index contributed by atoms with van der Waals surface area (Å²) < 4.78 is 37.0. The number of carbonyl (C=O) groups excluding carboxylic acids is 2. The van der Waals surface area contributed by atoms with E-state index in [4.69, 9.17) is 40.6 Å². The van der Waals surface area contributed by atoms with Crippen LogP contribution in [0.2, 0.25) is 0 Å². The topological polar surface area (TPSA) is 169 Å². The second-order valence-electron chi connectivity index (χ2n) is 20.9. The van der Waals surface area contributed by atoms with Gasteiger partial charge in [-0.3, -0.25) is 14.5 Å². The maximum absolute atomic E-state index is 14.4. The maximum atomic E-state index is 14.4. The van der Waals surface area contributed by atoms with Crippen molar-refractivity contribution in [1.82, 2.24) is 15.1 Å². The summed E-state index contributed by atoms with van der Waals surface area (Å²) in [5.74, 6) is -1.31. The van der Waals surface area contributed by atoms with Gasteiger partial charge in [-0.2, -0.15) is 0 Å². The van der Waals surface area contributed by atoms with E-state index >= 15 is 0 Å². The average molecular weight is 994 g/mol. The molecule has 0 aliphatic carbocycles. The monoisotopic (exact) mass is 994 g/mol. The third kappa shape index (κ3) is 19.8. The summed E-state index contributed by atoms with van der Waals surface area (Å²) in [6, 6.07) is 9.81. The van der Waals surface area contributed by atoms with E-state index in [1.165, 1.54) is 5.56 Å². The molecule has 2 aliphatic rings. The number of aliphatic hydroxyl groups is 3. The Morgan fingerprint density at radius 3 is 2.23 bits per heavy atom. The number of thiocarbonyl (C=S) groups is 1. The first-order valence-corrected chi connectivity index (χ1v) is 26.9. The van der Waals surface area contributed by atoms with Crippen molar-refractivity contribution in [3.8, 4) is 0 Å². The first-order chi connectivity index (χ1) is 32.6. The molecular weight excluding hydrogens is 899 g/mol. The van der Waals surface area contributed by atoms with Crippen molar-refractivity contribution < 1.29 is 53.3 Å². The summed E-state index contributed by atoms with van der Waals surface area (Å²) in [7, 11) is 0. The molecule has 2 fully saturated rings. The second-order valence-corrected chi connectivity index (χ2v) is 21.3. The Balaban J connectivity index is 1.77. The highest BCUT2D eigenvalue weighted by Gasteiger charge is 2.47. The van der Waals surface area contributed by atoms with Crippen LogP contribution in [0.1, 0.15) is 153 Å². The summed E-state index contributed by atoms with van der Waals surface area (Å²) in [6.45, 7) is 28.4. The van der Waals surface area contributed by atoms with E-state index in [-0.39, 0.29) is 49.1 Å². The minimum absolute atomic E-state index is 0.0717. The van der Waals surface area contributed by atoms with Crippen LogP contribution in [-0.2, 0) is 44.4 Å². The van der Waals surface area contributed by atoms with Gasteiger partial charge in [-0.25, -0.2) is 0 Å². The van der Waals surface area contributed by atoms with Crippen LogP contribution >= 0.6 is 12.2 Å². The molecule has 1 aromatic rings. The lowest BCUT2D eigenvalue weighted by molar-refractivity contribution is -0.273. The molecule has 2 aliphatic heterocycles. The van der Waals surface area contributed by atoms with Crippen LogP contribution in [0.5, 0.6) is 0 Å². The van der Waals surface area contributed by atoms with Crippen molar-refractivity contribution in [2.24, 2.45) is 29.6 Å². The molecule has 398 valence electrons. The van der Waals surface area contributed by atoms with Crippen molar-refractivity contribution in [2.45, 2.75) is 221 Å². The van der Waals surface area contributed by atoms with Gasteiger partial charge in [0, 0.05) is 57.5 Å². The predicted molar refractivity (Wildman–Crippen MR) is 275 cm³/mol. The first kappa shape index (κ1) is 60.8. The number of aryl methyl sites for hydroxylation is 1. The van der Waals surface area contributed by atoms with E-state index in [0.29, 0.717) is 69.1 Å². The lowest BCUT2D eigenvalue weighted by Crippen LogP contribution is -2.60. The standard InChI is InChI=1S/C54H95N3O11S/c1-14-22-35(4)34-57(29-21-28-56(30-26-46(58)63-16-3)53(69)55-27-20-25-44-23-18-17-19-24-44)41(10)51(60)54(13,62)45(15-2)67-52(61)40(9)50(68-48-33-37(6)49(59)43(12)66-48)39(8)42(11)65-47-32-36(5)31-38(7)64-47/h17-19,23-24,35-43,45,47-51,59-60,62H,14-16,20-22,25-34H2,1-13H3,(H,55,69)/t35-,36?,37?,38?,39-,40?,41?,42+,43?,45-,47?,48+,49-,50+,51?,54-/m1/s1. The number of rotatable bonds is 30. The lowest BCUT2D eigenvalue weighted by atomic mass is 9.85. The molecule has 1 aromatic carbocycles. The molecule has 8 unspecified atom stereocenters. The van der Waals surface area contributed by atoms with Gasteiger partial charge in [0.05, 0.1) is 49.5 Å². The Labute approximate surface area is 422 Å². The highest BCUT2D eigenvalue weighted by Crippen LogP contribution is 2.34. The van der Waals surface area contributed by atoms with Crippen molar-refractivity contribution in [3.63, 3.8) is 0 Å². The zero-order valence-electron chi connectivity index (χ0n) is 44.8. The normalized spacial score (nSPS) is 26.4. The zero-order valence-corrected chi connectivity index (χ0v) is 45.6. The van der Waals surface area contributed by atoms with E-state index in [2.05, 4.69) is 50.0 Å². The minimum atomic E-state index is -1.83. The van der Waals surface area contributed by atoms with Gasteiger partial charge in [0.2, 0.25) is 0 Å². The maximum Gasteiger partial charge on any atom is 0.311 e. The Kier molecular flexibility index (Phi) is 26.9. The fourth-order valence-corrected chi connectivity index (χ4v) is 10.4. The smallest absolute Gasteiger partial charge is 0.311 e. The van der Waals surface area contributed by atoms with Crippen LogP contribution < -0.4 is 5.32 Å². The molecule has 15 heteroatoms. The number of benzene rings is 1. The molecule has 0 spiro atoms. The number of carbonyl (C=O) groups is 2. The zero-order chi connectivity index (χ0) is 51.4. The highest BCUT2D eigenvalue weighted by atomic mass is 32.1. The number of aliphatic hydroxyl groups excluding tert-OH is 2. The molecule has 0 radical (unpaired) electrons. The Hall–Kier alpha value is -2.47. The number of nitrogens with zero attached hydrogens (tertiary/aromatic N) is 2. The molecule has 0 aromatic heterocycles. The molecule has 2 saturated heterocycles. The van der Waals surface area contributed by atoms with E-state index < -0.39 is 60.3 Å². The van der Waals surface area contributed by atoms with Gasteiger partial charge in [0.25, 0.3) is 0 Å². The third-order valence-corrected chi connectivity index (χ3v) is 15.0. The summed E-state index contributed by atoms with van der Waals surface area (Å²) in [4.78, 5) is 31.1. The Bertz CT molecular complexity index is 1600. The average Bonchev–Trinajstić information content (AvgIpc) is 3.30. The van der Waals surface area contributed by atoms with Crippen LogP contribution in [-0.4, -0.2) is 148 Å². The van der Waals surface area contributed by atoms with E-state index in [1.54, 1.807) is 20.8 Å². The van der Waals surface area contributed by atoms with Gasteiger partial charge in [0.15, 0.2) is 17.7 Å². The van der Waals surface area contributed by atoms with Crippen LogP contribution in [0.3, 0.4) is 0 Å². The van der Waals surface area contributed by atoms with Crippen LogP contribution in [0.25, 0.3) is 0 Å². The summed E-state index contributed by atoms with van der Waals surface area (Å²) in [5.41, 5.74) is -0.564. The predicted octanol–water partition coefficient (Wildman–Crippen LogP) is 8.05. The molecule has 14 nitrogen and oxygen atoms in total. The van der Waals surface area contributed by atoms with E-state index in [9.17, 15) is 24.9 Å². The number of esters is 2. The fraction of sp³-hybridized carbons (Fsp3) is 0.833. The van der Waals surface area contributed by atoms with Crippen LogP contribution in [0.15, 0.2) is 30.3 Å². The first-order valence-electron chi connectivity index (χ1n) is 26.5.